The topological polar surface area (TPSA) is 0 Å². The Morgan fingerprint density at radius 2 is 0.957 bits per heavy atom. The van der Waals surface area contributed by atoms with E-state index in [4.69, 9.17) is 0 Å². The zero-order valence-corrected chi connectivity index (χ0v) is 18.8. The molecule has 2 aromatic carbocycles. The molecule has 0 fully saturated rings. The van der Waals surface area contributed by atoms with Crippen LogP contribution in [0.3, 0.4) is 0 Å². The molecule has 0 bridgehead atoms. The molecule has 23 heavy (non-hydrogen) atoms. The average Bonchev–Trinajstić information content (AvgIpc) is 2.65. The van der Waals surface area contributed by atoms with Crippen LogP contribution in [0.25, 0.3) is 11.1 Å². The maximum atomic E-state index is 2.58. The molecule has 0 unspecified atom stereocenters. The van der Waals surface area contributed by atoms with Crippen LogP contribution in [0, 0.1) is 0 Å². The van der Waals surface area contributed by atoms with Gasteiger partial charge in [-0.05, 0) is 0 Å². The summed E-state index contributed by atoms with van der Waals surface area (Å²) < 4.78 is 3.38. The molecule has 0 saturated carbocycles. The van der Waals surface area contributed by atoms with E-state index in [-0.39, 0.29) is 10.8 Å². The molecule has 0 saturated heterocycles. The van der Waals surface area contributed by atoms with E-state index in [1.54, 1.807) is 7.16 Å². The van der Waals surface area contributed by atoms with Gasteiger partial charge >= 0.3 is 146 Å². The third-order valence-corrected chi connectivity index (χ3v) is 15.5. The zero-order valence-electron chi connectivity index (χ0n) is 16.0. The Labute approximate surface area is 146 Å². The minimum absolute atomic E-state index is 0.225. The number of benzene rings is 2. The molecule has 0 spiro atoms. The number of rotatable bonds is 0. The van der Waals surface area contributed by atoms with Crippen LogP contribution in [0.2, 0.25) is 9.88 Å². The van der Waals surface area contributed by atoms with Crippen LogP contribution in [-0.4, -0.2) is 18.4 Å². The normalized spacial score (nSPS) is 16.2. The summed E-state index contributed by atoms with van der Waals surface area (Å²) in [7, 11) is 0. The minimum atomic E-state index is -2.46. The van der Waals surface area contributed by atoms with Gasteiger partial charge in [0.25, 0.3) is 0 Å². The van der Waals surface area contributed by atoms with Gasteiger partial charge in [-0.3, -0.25) is 0 Å². The van der Waals surface area contributed by atoms with Gasteiger partial charge in [-0.2, -0.15) is 0 Å². The molecule has 0 nitrogen and oxygen atoms in total. The van der Waals surface area contributed by atoms with Gasteiger partial charge in [-0.25, -0.2) is 0 Å². The molecule has 0 aromatic heterocycles. The Balaban J connectivity index is 2.22. The summed E-state index contributed by atoms with van der Waals surface area (Å²) in [5.41, 5.74) is 6.42. The quantitative estimate of drug-likeness (QED) is 0.529. The van der Waals surface area contributed by atoms with E-state index in [0.717, 1.165) is 0 Å². The van der Waals surface area contributed by atoms with Crippen molar-refractivity contribution in [3.63, 3.8) is 0 Å². The van der Waals surface area contributed by atoms with Gasteiger partial charge in [0.05, 0.1) is 0 Å². The number of fused-ring (bicyclic) bond motifs is 3. The fourth-order valence-corrected chi connectivity index (χ4v) is 12.5. The Morgan fingerprint density at radius 3 is 1.26 bits per heavy atom. The molecule has 1 aliphatic rings. The predicted octanol–water partition coefficient (Wildman–Crippen LogP) is 5.08. The molecular weight excluding hydrogens is 383 g/mol. The fourth-order valence-electron chi connectivity index (χ4n) is 3.67. The molecule has 0 aliphatic carbocycles. The Morgan fingerprint density at radius 1 is 0.609 bits per heavy atom. The van der Waals surface area contributed by atoms with Crippen molar-refractivity contribution in [2.45, 2.75) is 62.3 Å². The van der Waals surface area contributed by atoms with Crippen molar-refractivity contribution in [2.24, 2.45) is 0 Å². The summed E-state index contributed by atoms with van der Waals surface area (Å²) in [5, 5.41) is 0. The van der Waals surface area contributed by atoms with E-state index >= 15 is 0 Å². The van der Waals surface area contributed by atoms with Gasteiger partial charge < -0.3 is 0 Å². The zero-order chi connectivity index (χ0) is 17.2. The van der Waals surface area contributed by atoms with E-state index in [1.165, 1.54) is 22.3 Å². The molecule has 0 atom stereocenters. The van der Waals surface area contributed by atoms with E-state index in [2.05, 4.69) is 87.8 Å². The van der Waals surface area contributed by atoms with Crippen LogP contribution in [-0.2, 0) is 10.8 Å². The van der Waals surface area contributed by atoms with Crippen LogP contribution in [0.15, 0.2) is 36.4 Å². The summed E-state index contributed by atoms with van der Waals surface area (Å²) in [5.74, 6) is 0. The monoisotopic (exact) mass is 414 g/mol. The number of hydrogen-bond donors (Lipinski definition) is 0. The van der Waals surface area contributed by atoms with E-state index in [9.17, 15) is 0 Å². The summed E-state index contributed by atoms with van der Waals surface area (Å²) in [6.45, 7) is 13.9. The van der Waals surface area contributed by atoms with Gasteiger partial charge in [0.2, 0.25) is 0 Å². The first-order valence-electron chi connectivity index (χ1n) is 8.73. The summed E-state index contributed by atoms with van der Waals surface area (Å²) in [6.07, 6.45) is 0. The van der Waals surface area contributed by atoms with Crippen molar-refractivity contribution in [1.82, 2.24) is 0 Å². The second-order valence-corrected chi connectivity index (χ2v) is 22.0. The van der Waals surface area contributed by atoms with Crippen molar-refractivity contribution >= 4 is 25.5 Å². The number of hydrogen-bond acceptors (Lipinski definition) is 0. The summed E-state index contributed by atoms with van der Waals surface area (Å²) in [4.78, 5) is 5.16. The van der Waals surface area contributed by atoms with Crippen LogP contribution in [0.5, 0.6) is 0 Å². The Hall–Kier alpha value is -0.761. The van der Waals surface area contributed by atoms with Crippen molar-refractivity contribution in [1.29, 1.82) is 0 Å². The van der Waals surface area contributed by atoms with Crippen LogP contribution >= 0.6 is 0 Å². The molecule has 0 radical (unpaired) electrons. The molecule has 1 aliphatic heterocycles. The average molecular weight is 413 g/mol. The van der Waals surface area contributed by atoms with E-state index in [0.29, 0.717) is 0 Å². The van der Waals surface area contributed by atoms with Crippen LogP contribution in [0.4, 0.5) is 0 Å². The molecule has 0 amide bonds. The van der Waals surface area contributed by atoms with Crippen LogP contribution < -0.4 is 7.16 Å². The first-order valence-corrected chi connectivity index (χ1v) is 17.3. The standard InChI is InChI=1S/C20H24.2CH3.Sn/c1-19(2,3)17-11-7-15(8-12-17)16-9-13-18(14-10-16)20(4,5)6;;;/h7,9,11-14H,1-6H3;2*1H3;. The predicted molar refractivity (Wildman–Crippen MR) is 106 cm³/mol. The third-order valence-electron chi connectivity index (χ3n) is 5.41. The first-order chi connectivity index (χ1) is 10.4. The first kappa shape index (κ1) is 17.1. The fraction of sp³-hybridized carbons (Fsp3) is 0.455. The van der Waals surface area contributed by atoms with E-state index in [1.807, 2.05) is 0 Å². The molecule has 3 rings (SSSR count). The third kappa shape index (κ3) is 2.77. The summed E-state index contributed by atoms with van der Waals surface area (Å²) >= 11 is -2.46. The molecule has 1 heteroatoms. The van der Waals surface area contributed by atoms with E-state index < -0.39 is 18.4 Å². The van der Waals surface area contributed by atoms with Crippen LogP contribution in [0.1, 0.15) is 52.7 Å². The van der Waals surface area contributed by atoms with Gasteiger partial charge in [-0.1, -0.05) is 0 Å². The van der Waals surface area contributed by atoms with Gasteiger partial charge in [0, 0.05) is 0 Å². The van der Waals surface area contributed by atoms with Gasteiger partial charge in [0.15, 0.2) is 0 Å². The Kier molecular flexibility index (Phi) is 3.80. The molecule has 1 heterocycles. The maximum absolute atomic E-state index is 2.58. The van der Waals surface area contributed by atoms with Crippen molar-refractivity contribution in [2.75, 3.05) is 0 Å². The van der Waals surface area contributed by atoms with Crippen molar-refractivity contribution < 1.29 is 0 Å². The van der Waals surface area contributed by atoms with Gasteiger partial charge in [-0.15, -0.1) is 0 Å². The second-order valence-electron chi connectivity index (χ2n) is 9.65. The van der Waals surface area contributed by atoms with Crippen molar-refractivity contribution in [3.05, 3.63) is 47.5 Å². The summed E-state index contributed by atoms with van der Waals surface area (Å²) in [6, 6.07) is 14.5. The molecule has 0 N–H and O–H groups in total. The molecular formula is C22H30Sn. The molecule has 2 aromatic rings. The Bertz CT molecular complexity index is 702. The molecule has 122 valence electrons. The van der Waals surface area contributed by atoms with Gasteiger partial charge in [0.1, 0.15) is 0 Å². The second kappa shape index (κ2) is 5.12. The van der Waals surface area contributed by atoms with Crippen molar-refractivity contribution in [3.8, 4) is 11.1 Å². The SMILES string of the molecule is CC(C)(C)c1ccc2[c](c1)[Sn]([CH3])([CH3])[c]1cc(C(C)(C)C)ccc1-2.